The number of aliphatic hydroxyl groups excluding tert-OH is 1. The van der Waals surface area contributed by atoms with Crippen molar-refractivity contribution in [3.05, 3.63) is 34.6 Å². The first-order valence-corrected chi connectivity index (χ1v) is 7.96. The molecule has 0 radical (unpaired) electrons. The number of amides is 2. The van der Waals surface area contributed by atoms with E-state index in [9.17, 15) is 9.18 Å². The van der Waals surface area contributed by atoms with Crippen molar-refractivity contribution in [2.75, 3.05) is 13.2 Å². The summed E-state index contributed by atoms with van der Waals surface area (Å²) in [6.07, 6.45) is 2.59. The van der Waals surface area contributed by atoms with Crippen LogP contribution in [0.3, 0.4) is 0 Å². The smallest absolute Gasteiger partial charge is 0.315 e. The number of hydrogen-bond acceptors (Lipinski definition) is 2. The zero-order chi connectivity index (χ0) is 16.5. The summed E-state index contributed by atoms with van der Waals surface area (Å²) in [6, 6.07) is 3.53. The van der Waals surface area contributed by atoms with Crippen molar-refractivity contribution in [3.8, 4) is 0 Å². The van der Waals surface area contributed by atoms with Gasteiger partial charge in [-0.2, -0.15) is 0 Å². The molecule has 0 saturated heterocycles. The second-order valence-corrected chi connectivity index (χ2v) is 5.79. The first kappa shape index (κ1) is 18.7. The molecule has 1 aromatic carbocycles. The van der Waals surface area contributed by atoms with Gasteiger partial charge in [0.05, 0.1) is 6.04 Å². The molecule has 4 nitrogen and oxygen atoms in total. The third kappa shape index (κ3) is 5.81. The number of carbonyl (C=O) groups excluding carboxylic acids is 1. The maximum Gasteiger partial charge on any atom is 0.315 e. The molecule has 0 spiro atoms. The molecule has 2 unspecified atom stereocenters. The fourth-order valence-corrected chi connectivity index (χ4v) is 2.75. The number of urea groups is 1. The summed E-state index contributed by atoms with van der Waals surface area (Å²) in [6.45, 7) is 4.33. The summed E-state index contributed by atoms with van der Waals surface area (Å²) in [5, 5.41) is 14.7. The Balaban J connectivity index is 2.54. The molecule has 1 aromatic rings. The van der Waals surface area contributed by atoms with Gasteiger partial charge in [0.25, 0.3) is 0 Å². The molecule has 1 rings (SSSR count). The highest BCUT2D eigenvalue weighted by Gasteiger charge is 2.17. The molecule has 22 heavy (non-hydrogen) atoms. The average Bonchev–Trinajstić information content (AvgIpc) is 2.45. The number of halogens is 2. The van der Waals surface area contributed by atoms with Gasteiger partial charge in [0.2, 0.25) is 0 Å². The Morgan fingerprint density at radius 1 is 1.41 bits per heavy atom. The van der Waals surface area contributed by atoms with E-state index in [0.29, 0.717) is 13.0 Å². The van der Waals surface area contributed by atoms with Gasteiger partial charge in [-0.15, -0.1) is 0 Å². The van der Waals surface area contributed by atoms with Gasteiger partial charge in [-0.25, -0.2) is 9.18 Å². The molecule has 3 N–H and O–H groups in total. The number of aliphatic hydroxyl groups is 1. The number of rotatable bonds is 8. The van der Waals surface area contributed by atoms with Gasteiger partial charge in [-0.3, -0.25) is 0 Å². The van der Waals surface area contributed by atoms with Crippen LogP contribution < -0.4 is 10.6 Å². The molecular weight excluding hydrogens is 307 g/mol. The van der Waals surface area contributed by atoms with E-state index in [1.165, 1.54) is 12.1 Å². The highest BCUT2D eigenvalue weighted by molar-refractivity contribution is 6.31. The third-order valence-electron chi connectivity index (χ3n) is 3.57. The number of carbonyl (C=O) groups is 1. The second kappa shape index (κ2) is 9.64. The van der Waals surface area contributed by atoms with Gasteiger partial charge in [0, 0.05) is 23.7 Å². The minimum absolute atomic E-state index is 0.106. The molecule has 2 atom stereocenters. The van der Waals surface area contributed by atoms with Gasteiger partial charge in [-0.1, -0.05) is 31.0 Å². The maximum absolute atomic E-state index is 13.8. The van der Waals surface area contributed by atoms with Crippen LogP contribution in [0.2, 0.25) is 5.02 Å². The van der Waals surface area contributed by atoms with Crippen LogP contribution >= 0.6 is 11.6 Å². The Labute approximate surface area is 136 Å². The number of nitrogens with one attached hydrogen (secondary N) is 2. The molecule has 6 heteroatoms. The van der Waals surface area contributed by atoms with E-state index >= 15 is 0 Å². The molecule has 2 amide bonds. The second-order valence-electron chi connectivity index (χ2n) is 5.38. The summed E-state index contributed by atoms with van der Waals surface area (Å²) >= 11 is 5.98. The predicted molar refractivity (Wildman–Crippen MR) is 86.5 cm³/mol. The summed E-state index contributed by atoms with van der Waals surface area (Å²) in [4.78, 5) is 11.9. The number of benzene rings is 1. The highest BCUT2D eigenvalue weighted by atomic mass is 35.5. The van der Waals surface area contributed by atoms with Crippen molar-refractivity contribution in [2.24, 2.45) is 5.92 Å². The van der Waals surface area contributed by atoms with Crippen LogP contribution in [0.1, 0.15) is 44.7 Å². The monoisotopic (exact) mass is 330 g/mol. The van der Waals surface area contributed by atoms with Crippen LogP contribution in [-0.4, -0.2) is 24.3 Å². The van der Waals surface area contributed by atoms with Crippen LogP contribution in [-0.2, 0) is 0 Å². The Kier molecular flexibility index (Phi) is 8.20. The minimum atomic E-state index is -0.531. The van der Waals surface area contributed by atoms with Crippen molar-refractivity contribution >= 4 is 17.6 Å². The van der Waals surface area contributed by atoms with Crippen molar-refractivity contribution < 1.29 is 14.3 Å². The summed E-state index contributed by atoms with van der Waals surface area (Å²) in [5.41, 5.74) is 0.278. The van der Waals surface area contributed by atoms with Gasteiger partial charge >= 0.3 is 6.03 Å². The van der Waals surface area contributed by atoms with E-state index in [-0.39, 0.29) is 29.1 Å². The molecule has 0 aromatic heterocycles. The van der Waals surface area contributed by atoms with E-state index in [1.54, 1.807) is 13.0 Å². The van der Waals surface area contributed by atoms with E-state index < -0.39 is 11.9 Å². The molecule has 0 fully saturated rings. The van der Waals surface area contributed by atoms with Crippen LogP contribution in [0.25, 0.3) is 0 Å². The molecule has 0 heterocycles. The fourth-order valence-electron chi connectivity index (χ4n) is 2.42. The molecule has 0 bridgehead atoms. The quantitative estimate of drug-likeness (QED) is 0.681. The molecule has 0 saturated carbocycles. The topological polar surface area (TPSA) is 61.4 Å². The van der Waals surface area contributed by atoms with Crippen LogP contribution in [0.5, 0.6) is 0 Å². The van der Waals surface area contributed by atoms with Crippen molar-refractivity contribution in [2.45, 2.75) is 39.2 Å². The lowest BCUT2D eigenvalue weighted by Crippen LogP contribution is -2.39. The zero-order valence-electron chi connectivity index (χ0n) is 13.0. The fraction of sp³-hybridized carbons (Fsp3) is 0.562. The van der Waals surface area contributed by atoms with Crippen molar-refractivity contribution in [1.82, 2.24) is 10.6 Å². The normalized spacial score (nSPS) is 13.5. The summed E-state index contributed by atoms with van der Waals surface area (Å²) in [7, 11) is 0. The maximum atomic E-state index is 13.8. The van der Waals surface area contributed by atoms with E-state index in [4.69, 9.17) is 16.7 Å². The SMILES string of the molecule is CCCC(CCO)CNC(=O)NC(C)c1c(F)cccc1Cl. The predicted octanol–water partition coefficient (Wildman–Crippen LogP) is 3.64. The summed E-state index contributed by atoms with van der Waals surface area (Å²) in [5.74, 6) is -0.197. The molecule has 0 aliphatic heterocycles. The molecule has 0 aliphatic rings. The minimum Gasteiger partial charge on any atom is -0.396 e. The van der Waals surface area contributed by atoms with Gasteiger partial charge in [0.15, 0.2) is 0 Å². The average molecular weight is 331 g/mol. The molecule has 0 aliphatic carbocycles. The van der Waals surface area contributed by atoms with E-state index in [0.717, 1.165) is 12.8 Å². The zero-order valence-corrected chi connectivity index (χ0v) is 13.8. The van der Waals surface area contributed by atoms with Crippen LogP contribution in [0.4, 0.5) is 9.18 Å². The standard InChI is InChI=1S/C16H24ClFN2O2/c1-3-5-12(8-9-21)10-19-16(22)20-11(2)15-13(17)6-4-7-14(15)18/h4,6-7,11-12,21H,3,5,8-10H2,1-2H3,(H2,19,20,22). The summed E-state index contributed by atoms with van der Waals surface area (Å²) < 4.78 is 13.8. The van der Waals surface area contributed by atoms with Crippen molar-refractivity contribution in [1.29, 1.82) is 0 Å². The highest BCUT2D eigenvalue weighted by Crippen LogP contribution is 2.25. The largest absolute Gasteiger partial charge is 0.396 e. The lowest BCUT2D eigenvalue weighted by molar-refractivity contribution is 0.227. The first-order valence-electron chi connectivity index (χ1n) is 7.58. The van der Waals surface area contributed by atoms with Crippen LogP contribution in [0.15, 0.2) is 18.2 Å². The van der Waals surface area contributed by atoms with E-state index in [1.807, 2.05) is 0 Å². The van der Waals surface area contributed by atoms with Crippen LogP contribution in [0, 0.1) is 11.7 Å². The number of hydrogen-bond donors (Lipinski definition) is 3. The lowest BCUT2D eigenvalue weighted by Gasteiger charge is -2.19. The van der Waals surface area contributed by atoms with E-state index in [2.05, 4.69) is 17.6 Å². The first-order chi connectivity index (χ1) is 10.5. The Morgan fingerprint density at radius 2 is 2.14 bits per heavy atom. The lowest BCUT2D eigenvalue weighted by atomic mass is 10.0. The molecule has 124 valence electrons. The Morgan fingerprint density at radius 3 is 2.73 bits per heavy atom. The van der Waals surface area contributed by atoms with Gasteiger partial charge in [0.1, 0.15) is 5.82 Å². The third-order valence-corrected chi connectivity index (χ3v) is 3.90. The Hall–Kier alpha value is -1.33. The molecular formula is C16H24ClFN2O2. The Bertz CT molecular complexity index is 459. The van der Waals surface area contributed by atoms with Gasteiger partial charge < -0.3 is 15.7 Å². The van der Waals surface area contributed by atoms with Crippen molar-refractivity contribution in [3.63, 3.8) is 0 Å². The van der Waals surface area contributed by atoms with Gasteiger partial charge in [-0.05, 0) is 37.8 Å².